The molecule has 2 atom stereocenters. The molecule has 2 N–H and O–H groups in total. The molecule has 1 aromatic carbocycles. The second-order valence-corrected chi connectivity index (χ2v) is 3.86. The lowest BCUT2D eigenvalue weighted by Crippen LogP contribution is -2.27. The van der Waals surface area contributed by atoms with Crippen LogP contribution in [0.3, 0.4) is 0 Å². The summed E-state index contributed by atoms with van der Waals surface area (Å²) in [6.45, 7) is 3.94. The summed E-state index contributed by atoms with van der Waals surface area (Å²) in [7, 11) is 0. The quantitative estimate of drug-likeness (QED) is 0.777. The van der Waals surface area contributed by atoms with E-state index in [0.717, 1.165) is 6.42 Å². The van der Waals surface area contributed by atoms with E-state index in [1.165, 1.54) is 5.56 Å². The van der Waals surface area contributed by atoms with Crippen LogP contribution in [0.1, 0.15) is 19.4 Å². The number of carbonyl (C=O) groups is 1. The van der Waals surface area contributed by atoms with E-state index in [9.17, 15) is 4.79 Å². The van der Waals surface area contributed by atoms with Crippen molar-refractivity contribution in [3.05, 3.63) is 35.9 Å². The summed E-state index contributed by atoms with van der Waals surface area (Å²) in [5.41, 5.74) is 6.51. The number of hydrogen-bond acceptors (Lipinski definition) is 1. The maximum absolute atomic E-state index is 11.0. The Morgan fingerprint density at radius 2 is 1.86 bits per heavy atom. The van der Waals surface area contributed by atoms with Gasteiger partial charge in [0.1, 0.15) is 0 Å². The minimum atomic E-state index is -0.214. The zero-order valence-corrected chi connectivity index (χ0v) is 8.73. The molecule has 0 aliphatic heterocycles. The maximum atomic E-state index is 11.0. The van der Waals surface area contributed by atoms with Gasteiger partial charge in [-0.2, -0.15) is 0 Å². The molecule has 1 rings (SSSR count). The molecule has 0 aromatic heterocycles. The molecule has 0 heterocycles. The summed E-state index contributed by atoms with van der Waals surface area (Å²) < 4.78 is 0. The molecule has 1 aromatic rings. The van der Waals surface area contributed by atoms with Gasteiger partial charge >= 0.3 is 0 Å². The fourth-order valence-electron chi connectivity index (χ4n) is 1.44. The van der Waals surface area contributed by atoms with E-state index in [2.05, 4.69) is 19.1 Å². The second kappa shape index (κ2) is 4.80. The topological polar surface area (TPSA) is 43.1 Å². The maximum Gasteiger partial charge on any atom is 0.220 e. The number of amides is 1. The van der Waals surface area contributed by atoms with Crippen molar-refractivity contribution in [2.75, 3.05) is 0 Å². The molecule has 0 saturated carbocycles. The third kappa shape index (κ3) is 2.87. The first-order valence-corrected chi connectivity index (χ1v) is 4.94. The van der Waals surface area contributed by atoms with Gasteiger partial charge in [-0.1, -0.05) is 44.2 Å². The first-order valence-electron chi connectivity index (χ1n) is 4.94. The van der Waals surface area contributed by atoms with Crippen LogP contribution < -0.4 is 5.73 Å². The van der Waals surface area contributed by atoms with Gasteiger partial charge in [-0.25, -0.2) is 0 Å². The number of primary amides is 1. The summed E-state index contributed by atoms with van der Waals surface area (Å²) in [6.07, 6.45) is 0.908. The molecular formula is C12H17NO. The van der Waals surface area contributed by atoms with Crippen LogP contribution in [0.15, 0.2) is 30.3 Å². The standard InChI is InChI=1S/C12H17NO/c1-9(10(2)12(13)14)8-11-6-4-3-5-7-11/h3-7,9-10H,8H2,1-2H3,(H2,13,14)/t9-,10?/m1/s1. The van der Waals surface area contributed by atoms with Crippen molar-refractivity contribution in [1.29, 1.82) is 0 Å². The van der Waals surface area contributed by atoms with Crippen molar-refractivity contribution in [2.24, 2.45) is 17.6 Å². The molecule has 0 aliphatic carbocycles. The molecular weight excluding hydrogens is 174 g/mol. The van der Waals surface area contributed by atoms with E-state index in [1.54, 1.807) is 0 Å². The Balaban J connectivity index is 2.57. The summed E-state index contributed by atoms with van der Waals surface area (Å²) in [5.74, 6) is 0.0264. The van der Waals surface area contributed by atoms with Crippen LogP contribution in [0.5, 0.6) is 0 Å². The van der Waals surface area contributed by atoms with E-state index < -0.39 is 0 Å². The number of benzene rings is 1. The number of hydrogen-bond donors (Lipinski definition) is 1. The van der Waals surface area contributed by atoms with Gasteiger partial charge in [-0.15, -0.1) is 0 Å². The summed E-state index contributed by atoms with van der Waals surface area (Å²) in [5, 5.41) is 0. The lowest BCUT2D eigenvalue weighted by Gasteiger charge is -2.16. The van der Waals surface area contributed by atoms with Crippen LogP contribution in [-0.4, -0.2) is 5.91 Å². The highest BCUT2D eigenvalue weighted by molar-refractivity contribution is 5.76. The van der Waals surface area contributed by atoms with Gasteiger partial charge in [-0.05, 0) is 17.9 Å². The minimum Gasteiger partial charge on any atom is -0.369 e. The van der Waals surface area contributed by atoms with Gasteiger partial charge < -0.3 is 5.73 Å². The Morgan fingerprint density at radius 1 is 1.29 bits per heavy atom. The molecule has 0 bridgehead atoms. The van der Waals surface area contributed by atoms with Crippen molar-refractivity contribution in [3.63, 3.8) is 0 Å². The smallest absolute Gasteiger partial charge is 0.220 e. The number of carbonyl (C=O) groups excluding carboxylic acids is 1. The molecule has 1 unspecified atom stereocenters. The molecule has 76 valence electrons. The first kappa shape index (κ1) is 10.8. The largest absolute Gasteiger partial charge is 0.369 e. The molecule has 14 heavy (non-hydrogen) atoms. The van der Waals surface area contributed by atoms with Crippen molar-refractivity contribution in [2.45, 2.75) is 20.3 Å². The molecule has 1 amide bonds. The number of nitrogens with two attached hydrogens (primary N) is 1. The average Bonchev–Trinajstić information content (AvgIpc) is 2.18. The van der Waals surface area contributed by atoms with E-state index in [-0.39, 0.29) is 11.8 Å². The van der Waals surface area contributed by atoms with Gasteiger partial charge in [-0.3, -0.25) is 4.79 Å². The fraction of sp³-hybridized carbons (Fsp3) is 0.417. The van der Waals surface area contributed by atoms with Crippen LogP contribution in [0, 0.1) is 11.8 Å². The molecule has 0 radical (unpaired) electrons. The highest BCUT2D eigenvalue weighted by atomic mass is 16.1. The predicted octanol–water partition coefficient (Wildman–Crippen LogP) is 1.99. The Hall–Kier alpha value is -1.31. The van der Waals surface area contributed by atoms with Crippen LogP contribution in [0.2, 0.25) is 0 Å². The highest BCUT2D eigenvalue weighted by Crippen LogP contribution is 2.16. The number of rotatable bonds is 4. The summed E-state index contributed by atoms with van der Waals surface area (Å²) in [4.78, 5) is 11.0. The van der Waals surface area contributed by atoms with Crippen molar-refractivity contribution in [3.8, 4) is 0 Å². The second-order valence-electron chi connectivity index (χ2n) is 3.86. The Bertz CT molecular complexity index is 294. The Kier molecular flexibility index (Phi) is 3.69. The van der Waals surface area contributed by atoms with Crippen LogP contribution in [0.4, 0.5) is 0 Å². The lowest BCUT2D eigenvalue weighted by molar-refractivity contribution is -0.122. The van der Waals surface area contributed by atoms with E-state index >= 15 is 0 Å². The van der Waals surface area contributed by atoms with Gasteiger partial charge in [0.2, 0.25) is 5.91 Å². The molecule has 2 heteroatoms. The minimum absolute atomic E-state index is 0.0600. The SMILES string of the molecule is CC(C(N)=O)[C@H](C)Cc1ccccc1. The Morgan fingerprint density at radius 3 is 2.36 bits per heavy atom. The Labute approximate surface area is 85.1 Å². The highest BCUT2D eigenvalue weighted by Gasteiger charge is 2.17. The predicted molar refractivity (Wildman–Crippen MR) is 57.7 cm³/mol. The molecule has 2 nitrogen and oxygen atoms in total. The molecule has 0 fully saturated rings. The third-order valence-corrected chi connectivity index (χ3v) is 2.70. The van der Waals surface area contributed by atoms with E-state index in [0.29, 0.717) is 5.92 Å². The zero-order valence-electron chi connectivity index (χ0n) is 8.73. The van der Waals surface area contributed by atoms with Gasteiger partial charge in [0.15, 0.2) is 0 Å². The fourth-order valence-corrected chi connectivity index (χ4v) is 1.44. The van der Waals surface area contributed by atoms with E-state index in [4.69, 9.17) is 5.73 Å². The van der Waals surface area contributed by atoms with Crippen LogP contribution >= 0.6 is 0 Å². The lowest BCUT2D eigenvalue weighted by atomic mass is 9.89. The van der Waals surface area contributed by atoms with E-state index in [1.807, 2.05) is 25.1 Å². The normalized spacial score (nSPS) is 14.7. The van der Waals surface area contributed by atoms with Gasteiger partial charge in [0.05, 0.1) is 0 Å². The monoisotopic (exact) mass is 191 g/mol. The van der Waals surface area contributed by atoms with Gasteiger partial charge in [0.25, 0.3) is 0 Å². The summed E-state index contributed by atoms with van der Waals surface area (Å²) in [6, 6.07) is 10.2. The first-order chi connectivity index (χ1) is 6.61. The molecule has 0 aliphatic rings. The van der Waals surface area contributed by atoms with Crippen molar-refractivity contribution < 1.29 is 4.79 Å². The molecule has 0 spiro atoms. The van der Waals surface area contributed by atoms with Crippen LogP contribution in [-0.2, 0) is 11.2 Å². The van der Waals surface area contributed by atoms with Crippen molar-refractivity contribution in [1.82, 2.24) is 0 Å². The zero-order chi connectivity index (χ0) is 10.6. The summed E-state index contributed by atoms with van der Waals surface area (Å²) >= 11 is 0. The third-order valence-electron chi connectivity index (χ3n) is 2.70. The van der Waals surface area contributed by atoms with Gasteiger partial charge in [0, 0.05) is 5.92 Å². The average molecular weight is 191 g/mol. The van der Waals surface area contributed by atoms with Crippen molar-refractivity contribution >= 4 is 5.91 Å². The molecule has 0 saturated heterocycles. The van der Waals surface area contributed by atoms with Crippen LogP contribution in [0.25, 0.3) is 0 Å².